The van der Waals surface area contributed by atoms with Crippen LogP contribution in [0.3, 0.4) is 0 Å². The normalized spacial score (nSPS) is 10.1. The van der Waals surface area contributed by atoms with E-state index in [9.17, 15) is 0 Å². The van der Waals surface area contributed by atoms with Crippen LogP contribution in [0.1, 0.15) is 0 Å². The second-order valence-corrected chi connectivity index (χ2v) is 3.74. The maximum Gasteiger partial charge on any atom is 0.203 e. The molecule has 0 fully saturated rings. The van der Waals surface area contributed by atoms with E-state index in [1.54, 1.807) is 27.5 Å². The van der Waals surface area contributed by atoms with Gasteiger partial charge in [0.25, 0.3) is 0 Å². The van der Waals surface area contributed by atoms with Crippen LogP contribution in [0.25, 0.3) is 11.3 Å². The number of aromatic nitrogens is 2. The first-order valence-corrected chi connectivity index (χ1v) is 5.57. The van der Waals surface area contributed by atoms with Crippen LogP contribution in [0.4, 0.5) is 5.82 Å². The van der Waals surface area contributed by atoms with E-state index in [4.69, 9.17) is 19.9 Å². The number of nitrogens with zero attached hydrogens (tertiary/aromatic N) is 2. The quantitative estimate of drug-likeness (QED) is 0.903. The van der Waals surface area contributed by atoms with Crippen molar-refractivity contribution in [2.24, 2.45) is 0 Å². The van der Waals surface area contributed by atoms with Crippen molar-refractivity contribution >= 4 is 5.82 Å². The standard InChI is InChI=1S/C13H15N3O3/c1-17-10-4-8(5-11(18-2)13(10)19-3)9-6-16-12(14)7-15-9/h4-7H,1-3H3,(H2,14,16). The second-order valence-electron chi connectivity index (χ2n) is 3.74. The lowest BCUT2D eigenvalue weighted by molar-refractivity contribution is 0.324. The van der Waals surface area contributed by atoms with Crippen molar-refractivity contribution in [2.75, 3.05) is 27.1 Å². The Bertz CT molecular complexity index is 545. The molecule has 2 N–H and O–H groups in total. The summed E-state index contributed by atoms with van der Waals surface area (Å²) in [5.74, 6) is 2.04. The van der Waals surface area contributed by atoms with Gasteiger partial charge < -0.3 is 19.9 Å². The highest BCUT2D eigenvalue weighted by molar-refractivity contribution is 5.68. The number of rotatable bonds is 4. The van der Waals surface area contributed by atoms with Crippen molar-refractivity contribution in [1.82, 2.24) is 9.97 Å². The van der Waals surface area contributed by atoms with Crippen molar-refractivity contribution in [3.63, 3.8) is 0 Å². The fourth-order valence-electron chi connectivity index (χ4n) is 1.72. The van der Waals surface area contributed by atoms with Gasteiger partial charge in [0, 0.05) is 5.56 Å². The summed E-state index contributed by atoms with van der Waals surface area (Å²) in [5, 5.41) is 0. The average Bonchev–Trinajstić information content (AvgIpc) is 2.46. The SMILES string of the molecule is COc1cc(-c2cnc(N)cn2)cc(OC)c1OC. The number of nitrogen functional groups attached to an aromatic ring is 1. The summed E-state index contributed by atoms with van der Waals surface area (Å²) in [6.07, 6.45) is 3.09. The molecule has 0 atom stereocenters. The Kier molecular flexibility index (Phi) is 3.70. The van der Waals surface area contributed by atoms with E-state index in [0.29, 0.717) is 28.8 Å². The van der Waals surface area contributed by atoms with Gasteiger partial charge in [-0.15, -0.1) is 0 Å². The molecule has 2 aromatic rings. The largest absolute Gasteiger partial charge is 0.493 e. The Balaban J connectivity index is 2.55. The zero-order valence-corrected chi connectivity index (χ0v) is 11.0. The van der Waals surface area contributed by atoms with Crippen molar-refractivity contribution in [3.05, 3.63) is 24.5 Å². The predicted octanol–water partition coefficient (Wildman–Crippen LogP) is 1.75. The van der Waals surface area contributed by atoms with Gasteiger partial charge in [-0.2, -0.15) is 0 Å². The molecule has 0 saturated carbocycles. The highest BCUT2D eigenvalue weighted by Gasteiger charge is 2.14. The Morgan fingerprint density at radius 1 is 0.895 bits per heavy atom. The lowest BCUT2D eigenvalue weighted by atomic mass is 10.1. The summed E-state index contributed by atoms with van der Waals surface area (Å²) in [6.45, 7) is 0. The second kappa shape index (κ2) is 5.43. The monoisotopic (exact) mass is 261 g/mol. The number of ether oxygens (including phenoxy) is 3. The zero-order valence-electron chi connectivity index (χ0n) is 11.0. The molecule has 1 aromatic heterocycles. The third-order valence-electron chi connectivity index (χ3n) is 2.63. The first-order valence-electron chi connectivity index (χ1n) is 5.57. The Labute approximate surface area is 111 Å². The summed E-state index contributed by atoms with van der Waals surface area (Å²) >= 11 is 0. The number of nitrogens with two attached hydrogens (primary N) is 1. The van der Waals surface area contributed by atoms with Gasteiger partial charge >= 0.3 is 0 Å². The zero-order chi connectivity index (χ0) is 13.8. The minimum Gasteiger partial charge on any atom is -0.493 e. The molecule has 0 unspecified atom stereocenters. The first kappa shape index (κ1) is 12.9. The number of hydrogen-bond acceptors (Lipinski definition) is 6. The van der Waals surface area contributed by atoms with Crippen LogP contribution in [-0.2, 0) is 0 Å². The maximum atomic E-state index is 5.52. The minimum absolute atomic E-state index is 0.371. The summed E-state index contributed by atoms with van der Waals surface area (Å²) in [6, 6.07) is 3.61. The number of methoxy groups -OCH3 is 3. The summed E-state index contributed by atoms with van der Waals surface area (Å²) in [7, 11) is 4.69. The number of hydrogen-bond donors (Lipinski definition) is 1. The van der Waals surface area contributed by atoms with E-state index in [-0.39, 0.29) is 0 Å². The van der Waals surface area contributed by atoms with Gasteiger partial charge in [-0.05, 0) is 12.1 Å². The predicted molar refractivity (Wildman–Crippen MR) is 71.5 cm³/mol. The third kappa shape index (κ3) is 2.52. The molecule has 0 aliphatic carbocycles. The smallest absolute Gasteiger partial charge is 0.203 e. The van der Waals surface area contributed by atoms with Gasteiger partial charge in [-0.3, -0.25) is 4.98 Å². The van der Waals surface area contributed by atoms with Crippen LogP contribution in [0, 0.1) is 0 Å². The molecule has 0 aliphatic rings. The molecule has 0 radical (unpaired) electrons. The minimum atomic E-state index is 0.371. The van der Waals surface area contributed by atoms with Gasteiger partial charge in [0.15, 0.2) is 11.5 Å². The molecule has 19 heavy (non-hydrogen) atoms. The summed E-state index contributed by atoms with van der Waals surface area (Å²) in [5.41, 5.74) is 7.00. The maximum absolute atomic E-state index is 5.52. The topological polar surface area (TPSA) is 79.5 Å². The molecular formula is C13H15N3O3. The van der Waals surface area contributed by atoms with Crippen LogP contribution in [0.15, 0.2) is 24.5 Å². The first-order chi connectivity index (χ1) is 9.19. The molecule has 1 aromatic carbocycles. The van der Waals surface area contributed by atoms with Crippen molar-refractivity contribution < 1.29 is 14.2 Å². The van der Waals surface area contributed by atoms with E-state index in [2.05, 4.69) is 9.97 Å². The lowest BCUT2D eigenvalue weighted by Gasteiger charge is -2.13. The van der Waals surface area contributed by atoms with Gasteiger partial charge in [0.1, 0.15) is 5.82 Å². The Hall–Kier alpha value is -2.50. The van der Waals surface area contributed by atoms with E-state index in [0.717, 1.165) is 5.56 Å². The average molecular weight is 261 g/mol. The summed E-state index contributed by atoms with van der Waals surface area (Å²) < 4.78 is 15.8. The van der Waals surface area contributed by atoms with E-state index in [1.807, 2.05) is 12.1 Å². The molecule has 0 bridgehead atoms. The molecule has 0 saturated heterocycles. The lowest BCUT2D eigenvalue weighted by Crippen LogP contribution is -1.97. The molecular weight excluding hydrogens is 246 g/mol. The highest BCUT2D eigenvalue weighted by Crippen LogP contribution is 2.40. The molecule has 0 spiro atoms. The van der Waals surface area contributed by atoms with Gasteiger partial charge in [0.2, 0.25) is 5.75 Å². The number of benzene rings is 1. The molecule has 0 amide bonds. The van der Waals surface area contributed by atoms with E-state index in [1.165, 1.54) is 6.20 Å². The fourth-order valence-corrected chi connectivity index (χ4v) is 1.72. The van der Waals surface area contributed by atoms with E-state index >= 15 is 0 Å². The van der Waals surface area contributed by atoms with Crippen LogP contribution in [-0.4, -0.2) is 31.3 Å². The third-order valence-corrected chi connectivity index (χ3v) is 2.63. The van der Waals surface area contributed by atoms with E-state index < -0.39 is 0 Å². The molecule has 100 valence electrons. The van der Waals surface area contributed by atoms with Crippen molar-refractivity contribution in [3.8, 4) is 28.5 Å². The summed E-state index contributed by atoms with van der Waals surface area (Å²) in [4.78, 5) is 8.23. The van der Waals surface area contributed by atoms with Gasteiger partial charge in [-0.1, -0.05) is 0 Å². The van der Waals surface area contributed by atoms with Gasteiger partial charge in [0.05, 0.1) is 39.4 Å². The Morgan fingerprint density at radius 3 is 1.95 bits per heavy atom. The van der Waals surface area contributed by atoms with Gasteiger partial charge in [-0.25, -0.2) is 4.98 Å². The van der Waals surface area contributed by atoms with Crippen LogP contribution < -0.4 is 19.9 Å². The van der Waals surface area contributed by atoms with Crippen LogP contribution >= 0.6 is 0 Å². The van der Waals surface area contributed by atoms with Crippen molar-refractivity contribution in [2.45, 2.75) is 0 Å². The van der Waals surface area contributed by atoms with Crippen LogP contribution in [0.5, 0.6) is 17.2 Å². The number of anilines is 1. The highest BCUT2D eigenvalue weighted by atomic mass is 16.5. The Morgan fingerprint density at radius 2 is 1.53 bits per heavy atom. The fraction of sp³-hybridized carbons (Fsp3) is 0.231. The van der Waals surface area contributed by atoms with Crippen LogP contribution in [0.2, 0.25) is 0 Å². The molecule has 6 nitrogen and oxygen atoms in total. The van der Waals surface area contributed by atoms with Crippen molar-refractivity contribution in [1.29, 1.82) is 0 Å². The molecule has 1 heterocycles. The molecule has 2 rings (SSSR count). The molecule has 6 heteroatoms. The molecule has 0 aliphatic heterocycles.